The Hall–Kier alpha value is -1.35. The van der Waals surface area contributed by atoms with Gasteiger partial charge in [0.25, 0.3) is 0 Å². The number of carbonyl (C=O) groups excluding carboxylic acids is 1. The van der Waals surface area contributed by atoms with Gasteiger partial charge < -0.3 is 20.3 Å². The van der Waals surface area contributed by atoms with Crippen molar-refractivity contribution in [2.24, 2.45) is 16.8 Å². The summed E-state index contributed by atoms with van der Waals surface area (Å²) < 4.78 is 5.47. The number of nitrogens with one attached hydrogen (secondary N) is 2. The molecule has 1 aliphatic rings. The number of guanidine groups is 1. The highest BCUT2D eigenvalue weighted by Crippen LogP contribution is 2.15. The first kappa shape index (κ1) is 24.7. The third-order valence-corrected chi connectivity index (χ3v) is 4.47. The molecule has 0 radical (unpaired) electrons. The third kappa shape index (κ3) is 8.77. The van der Waals surface area contributed by atoms with Crippen LogP contribution in [0.2, 0.25) is 0 Å². The van der Waals surface area contributed by atoms with Gasteiger partial charge in [0.2, 0.25) is 5.91 Å². The Kier molecular flexibility index (Phi) is 11.4. The molecule has 1 heterocycles. The molecule has 1 amide bonds. The number of nitrogens with zero attached hydrogens (tertiary/aromatic N) is 2. The Morgan fingerprint density at radius 3 is 2.82 bits per heavy atom. The fourth-order valence-corrected chi connectivity index (χ4v) is 3.17. The van der Waals surface area contributed by atoms with E-state index in [0.717, 1.165) is 49.9 Å². The predicted molar refractivity (Wildman–Crippen MR) is 126 cm³/mol. The average molecular weight is 502 g/mol. The molecule has 1 saturated heterocycles. The maximum atomic E-state index is 12.0. The summed E-state index contributed by atoms with van der Waals surface area (Å²) >= 11 is 0. The van der Waals surface area contributed by atoms with Gasteiger partial charge in [-0.25, -0.2) is 4.99 Å². The molecule has 2 N–H and O–H groups in total. The summed E-state index contributed by atoms with van der Waals surface area (Å²) in [6, 6.07) is 7.91. The highest BCUT2D eigenvalue weighted by molar-refractivity contribution is 14.0. The van der Waals surface area contributed by atoms with E-state index in [1.165, 1.54) is 0 Å². The van der Waals surface area contributed by atoms with E-state index in [9.17, 15) is 4.79 Å². The van der Waals surface area contributed by atoms with E-state index in [1.807, 2.05) is 38.1 Å². The van der Waals surface area contributed by atoms with Crippen LogP contribution in [0.4, 0.5) is 5.69 Å². The Balaban J connectivity index is 0.00000392. The van der Waals surface area contributed by atoms with Crippen molar-refractivity contribution >= 4 is 41.5 Å². The first-order chi connectivity index (χ1) is 13.0. The number of rotatable bonds is 8. The van der Waals surface area contributed by atoms with Crippen LogP contribution in [-0.4, -0.2) is 50.1 Å². The smallest absolute Gasteiger partial charge is 0.224 e. The third-order valence-electron chi connectivity index (χ3n) is 4.47. The van der Waals surface area contributed by atoms with Crippen molar-refractivity contribution in [3.8, 4) is 0 Å². The molecule has 0 spiro atoms. The van der Waals surface area contributed by atoms with Gasteiger partial charge in [0, 0.05) is 44.8 Å². The van der Waals surface area contributed by atoms with Gasteiger partial charge in [0.05, 0.1) is 13.2 Å². The average Bonchev–Trinajstić information content (AvgIpc) is 3.11. The maximum Gasteiger partial charge on any atom is 0.224 e. The van der Waals surface area contributed by atoms with Crippen molar-refractivity contribution in [3.63, 3.8) is 0 Å². The fraction of sp³-hybridized carbons (Fsp3) is 0.619. The minimum Gasteiger partial charge on any atom is -0.381 e. The quantitative estimate of drug-likeness (QED) is 0.323. The predicted octanol–water partition coefficient (Wildman–Crippen LogP) is 3.72. The molecule has 0 aromatic heterocycles. The van der Waals surface area contributed by atoms with Crippen molar-refractivity contribution in [3.05, 3.63) is 29.8 Å². The highest BCUT2D eigenvalue weighted by Gasteiger charge is 2.19. The molecule has 1 unspecified atom stereocenters. The number of benzene rings is 1. The van der Waals surface area contributed by atoms with Crippen LogP contribution in [0, 0.1) is 11.8 Å². The molecule has 0 saturated carbocycles. The summed E-state index contributed by atoms with van der Waals surface area (Å²) in [6.45, 7) is 10.2. The minimum atomic E-state index is 0. The lowest BCUT2D eigenvalue weighted by Crippen LogP contribution is -2.41. The summed E-state index contributed by atoms with van der Waals surface area (Å²) in [5.74, 6) is 1.87. The van der Waals surface area contributed by atoms with Crippen LogP contribution in [0.5, 0.6) is 0 Å². The van der Waals surface area contributed by atoms with Crippen LogP contribution in [0.25, 0.3) is 0 Å². The molecule has 1 aromatic carbocycles. The fourth-order valence-electron chi connectivity index (χ4n) is 3.17. The molecule has 1 fully saturated rings. The summed E-state index contributed by atoms with van der Waals surface area (Å²) in [6.07, 6.45) is 1.64. The number of hydrogen-bond donors (Lipinski definition) is 2. The zero-order valence-corrected chi connectivity index (χ0v) is 19.9. The molecule has 2 rings (SSSR count). The lowest BCUT2D eigenvalue weighted by Gasteiger charge is -2.24. The first-order valence-corrected chi connectivity index (χ1v) is 9.94. The Morgan fingerprint density at radius 1 is 1.39 bits per heavy atom. The van der Waals surface area contributed by atoms with E-state index in [-0.39, 0.29) is 29.9 Å². The lowest BCUT2D eigenvalue weighted by molar-refractivity contribution is -0.116. The van der Waals surface area contributed by atoms with Gasteiger partial charge in [0.1, 0.15) is 0 Å². The first-order valence-electron chi connectivity index (χ1n) is 9.94. The number of anilines is 1. The molecule has 1 aliphatic heterocycles. The van der Waals surface area contributed by atoms with Crippen molar-refractivity contribution in [1.82, 2.24) is 10.2 Å². The molecule has 1 aromatic rings. The molecule has 28 heavy (non-hydrogen) atoms. The molecule has 158 valence electrons. The number of ether oxygens (including phenoxy) is 1. The number of hydrogen-bond acceptors (Lipinski definition) is 3. The van der Waals surface area contributed by atoms with Crippen molar-refractivity contribution < 1.29 is 9.53 Å². The molecule has 6 nitrogen and oxygen atoms in total. The summed E-state index contributed by atoms with van der Waals surface area (Å²) in [5, 5.41) is 6.33. The van der Waals surface area contributed by atoms with Gasteiger partial charge in [-0.15, -0.1) is 24.0 Å². The van der Waals surface area contributed by atoms with Crippen LogP contribution < -0.4 is 10.6 Å². The normalized spacial score (nSPS) is 16.6. The van der Waals surface area contributed by atoms with E-state index in [0.29, 0.717) is 24.8 Å². The van der Waals surface area contributed by atoms with E-state index in [1.54, 1.807) is 0 Å². The van der Waals surface area contributed by atoms with Gasteiger partial charge in [-0.3, -0.25) is 4.79 Å². The number of aliphatic imine (C=N–C) groups is 1. The largest absolute Gasteiger partial charge is 0.381 e. The van der Waals surface area contributed by atoms with Gasteiger partial charge in [-0.2, -0.15) is 0 Å². The number of halogens is 1. The Labute approximate surface area is 186 Å². The molecule has 0 bridgehead atoms. The second-order valence-electron chi connectivity index (χ2n) is 7.63. The summed E-state index contributed by atoms with van der Waals surface area (Å²) in [7, 11) is 2.07. The molecule has 0 aliphatic carbocycles. The van der Waals surface area contributed by atoms with Crippen LogP contribution in [0.15, 0.2) is 29.3 Å². The second kappa shape index (κ2) is 13.0. The maximum absolute atomic E-state index is 12.0. The topological polar surface area (TPSA) is 66.0 Å². The molecule has 1 atom stereocenters. The monoisotopic (exact) mass is 502 g/mol. The number of carbonyl (C=O) groups is 1. The van der Waals surface area contributed by atoms with Gasteiger partial charge in [-0.05, 0) is 37.0 Å². The van der Waals surface area contributed by atoms with Gasteiger partial charge in [0.15, 0.2) is 5.96 Å². The zero-order valence-electron chi connectivity index (χ0n) is 17.5. The number of amides is 1. The van der Waals surface area contributed by atoms with Crippen LogP contribution in [0.1, 0.15) is 39.2 Å². The van der Waals surface area contributed by atoms with Crippen LogP contribution in [-0.2, 0) is 16.1 Å². The SMILES string of the molecule is CCNC(=NCc1cccc(NC(=O)CC(C)C)c1)N(C)CC1CCOC1.I. The molecule has 7 heteroatoms. The Bertz CT molecular complexity index is 631. The second-order valence-corrected chi connectivity index (χ2v) is 7.63. The van der Waals surface area contributed by atoms with Gasteiger partial charge in [-0.1, -0.05) is 26.0 Å². The van der Waals surface area contributed by atoms with Crippen molar-refractivity contribution in [2.45, 2.75) is 40.2 Å². The highest BCUT2D eigenvalue weighted by atomic mass is 127. The summed E-state index contributed by atoms with van der Waals surface area (Å²) in [4.78, 5) is 18.9. The van der Waals surface area contributed by atoms with Crippen molar-refractivity contribution in [2.75, 3.05) is 38.7 Å². The van der Waals surface area contributed by atoms with Crippen LogP contribution >= 0.6 is 24.0 Å². The summed E-state index contributed by atoms with van der Waals surface area (Å²) in [5.41, 5.74) is 1.90. The van der Waals surface area contributed by atoms with E-state index in [2.05, 4.69) is 29.5 Å². The van der Waals surface area contributed by atoms with Crippen LogP contribution in [0.3, 0.4) is 0 Å². The van der Waals surface area contributed by atoms with Crippen molar-refractivity contribution in [1.29, 1.82) is 0 Å². The standard InChI is InChI=1S/C21H34N4O2.HI/c1-5-22-21(25(4)14-18-9-10-27-15-18)23-13-17-7-6-8-19(12-17)24-20(26)11-16(2)3;/h6-8,12,16,18H,5,9-11,13-15H2,1-4H3,(H,22,23)(H,24,26);1H. The van der Waals surface area contributed by atoms with E-state index >= 15 is 0 Å². The zero-order chi connectivity index (χ0) is 19.6. The van der Waals surface area contributed by atoms with E-state index < -0.39 is 0 Å². The van der Waals surface area contributed by atoms with Gasteiger partial charge >= 0.3 is 0 Å². The lowest BCUT2D eigenvalue weighted by atomic mass is 10.1. The van der Waals surface area contributed by atoms with E-state index in [4.69, 9.17) is 9.73 Å². The molecular formula is C21H35IN4O2. The minimum absolute atomic E-state index is 0. The molecular weight excluding hydrogens is 467 g/mol. The Morgan fingerprint density at radius 2 is 2.18 bits per heavy atom.